The molecule has 3 nitrogen and oxygen atoms in total. The Kier molecular flexibility index (Phi) is 6.27. The van der Waals surface area contributed by atoms with Crippen molar-refractivity contribution in [1.82, 2.24) is 4.72 Å². The van der Waals surface area contributed by atoms with Gasteiger partial charge in [-0.3, -0.25) is 0 Å². The van der Waals surface area contributed by atoms with E-state index in [4.69, 9.17) is 0 Å². The molecule has 0 aliphatic rings. The van der Waals surface area contributed by atoms with Crippen molar-refractivity contribution in [2.45, 2.75) is 36.1 Å². The smallest absolute Gasteiger partial charge is 0.207 e. The zero-order valence-corrected chi connectivity index (χ0v) is 15.3. The third-order valence-corrected chi connectivity index (χ3v) is 5.81. The standard InChI is InChI=1S/C18H23NO2S2/c1-14(2)13-18(15-7-5-4-6-8-15)19-23(20,21)17-11-9-16(22-3)10-12-17/h4-12,14,18-19H,13H2,1-3H3/t18-/m0/s1. The predicted molar refractivity (Wildman–Crippen MR) is 97.2 cm³/mol. The molecule has 0 radical (unpaired) electrons. The summed E-state index contributed by atoms with van der Waals surface area (Å²) in [6, 6.07) is 16.5. The van der Waals surface area contributed by atoms with Crippen molar-refractivity contribution in [3.05, 3.63) is 60.2 Å². The number of hydrogen-bond donors (Lipinski definition) is 1. The lowest BCUT2D eigenvalue weighted by atomic mass is 9.98. The summed E-state index contributed by atoms with van der Waals surface area (Å²) in [5.41, 5.74) is 0.991. The molecule has 23 heavy (non-hydrogen) atoms. The molecule has 0 bridgehead atoms. The molecule has 2 aromatic carbocycles. The van der Waals surface area contributed by atoms with Crippen LogP contribution in [0.5, 0.6) is 0 Å². The molecule has 2 aromatic rings. The van der Waals surface area contributed by atoms with Gasteiger partial charge in [0.05, 0.1) is 4.90 Å². The van der Waals surface area contributed by atoms with Gasteiger partial charge >= 0.3 is 0 Å². The van der Waals surface area contributed by atoms with E-state index in [1.54, 1.807) is 23.9 Å². The summed E-state index contributed by atoms with van der Waals surface area (Å²) in [6.45, 7) is 4.19. The van der Waals surface area contributed by atoms with Gasteiger partial charge in [-0.1, -0.05) is 44.2 Å². The van der Waals surface area contributed by atoms with E-state index in [9.17, 15) is 8.42 Å². The van der Waals surface area contributed by atoms with Crippen molar-refractivity contribution in [2.24, 2.45) is 5.92 Å². The van der Waals surface area contributed by atoms with Crippen LogP contribution in [0.4, 0.5) is 0 Å². The Bertz CT molecular complexity index is 710. The van der Waals surface area contributed by atoms with Gasteiger partial charge in [-0.05, 0) is 48.4 Å². The monoisotopic (exact) mass is 349 g/mol. The summed E-state index contributed by atoms with van der Waals surface area (Å²) in [4.78, 5) is 1.35. The van der Waals surface area contributed by atoms with Gasteiger partial charge in [0.15, 0.2) is 0 Å². The second-order valence-electron chi connectivity index (χ2n) is 5.89. The second-order valence-corrected chi connectivity index (χ2v) is 8.48. The Balaban J connectivity index is 2.26. The third kappa shape index (κ3) is 5.09. The van der Waals surface area contributed by atoms with E-state index in [-0.39, 0.29) is 6.04 Å². The van der Waals surface area contributed by atoms with Gasteiger partial charge in [0.2, 0.25) is 10.0 Å². The van der Waals surface area contributed by atoms with Crippen LogP contribution in [0, 0.1) is 5.92 Å². The molecular weight excluding hydrogens is 326 g/mol. The quantitative estimate of drug-likeness (QED) is 0.750. The van der Waals surface area contributed by atoms with Crippen LogP contribution < -0.4 is 4.72 Å². The first kappa shape index (κ1) is 18.0. The van der Waals surface area contributed by atoms with Crippen LogP contribution >= 0.6 is 11.8 Å². The lowest BCUT2D eigenvalue weighted by molar-refractivity contribution is 0.472. The van der Waals surface area contributed by atoms with Crippen LogP contribution in [0.15, 0.2) is 64.4 Å². The summed E-state index contributed by atoms with van der Waals surface area (Å²) in [5, 5.41) is 0. The zero-order chi connectivity index (χ0) is 16.9. The van der Waals surface area contributed by atoms with Crippen molar-refractivity contribution in [1.29, 1.82) is 0 Å². The Morgan fingerprint density at radius 2 is 1.61 bits per heavy atom. The highest BCUT2D eigenvalue weighted by atomic mass is 32.2. The van der Waals surface area contributed by atoms with Gasteiger partial charge in [-0.15, -0.1) is 11.8 Å². The fourth-order valence-electron chi connectivity index (χ4n) is 2.42. The van der Waals surface area contributed by atoms with Crippen LogP contribution in [0.1, 0.15) is 31.9 Å². The number of thioether (sulfide) groups is 1. The third-order valence-electron chi connectivity index (χ3n) is 3.58. The largest absolute Gasteiger partial charge is 0.241 e. The minimum atomic E-state index is -3.54. The van der Waals surface area contributed by atoms with E-state index in [2.05, 4.69) is 18.6 Å². The normalized spacial score (nSPS) is 13.2. The van der Waals surface area contributed by atoms with Crippen LogP contribution in [0.2, 0.25) is 0 Å². The molecule has 0 amide bonds. The zero-order valence-electron chi connectivity index (χ0n) is 13.7. The number of rotatable bonds is 7. The lowest BCUT2D eigenvalue weighted by Crippen LogP contribution is -2.29. The minimum Gasteiger partial charge on any atom is -0.207 e. The van der Waals surface area contributed by atoms with Crippen LogP contribution in [-0.2, 0) is 10.0 Å². The maximum atomic E-state index is 12.7. The summed E-state index contributed by atoms with van der Waals surface area (Å²) in [7, 11) is -3.54. The first-order valence-corrected chi connectivity index (χ1v) is 10.3. The Morgan fingerprint density at radius 1 is 1.00 bits per heavy atom. The highest BCUT2D eigenvalue weighted by Crippen LogP contribution is 2.24. The van der Waals surface area contributed by atoms with E-state index >= 15 is 0 Å². The van der Waals surface area contributed by atoms with Gasteiger partial charge < -0.3 is 0 Å². The summed E-state index contributed by atoms with van der Waals surface area (Å²) < 4.78 is 28.2. The molecule has 0 fully saturated rings. The molecule has 1 N–H and O–H groups in total. The number of benzene rings is 2. The number of nitrogens with one attached hydrogen (secondary N) is 1. The van der Waals surface area contributed by atoms with E-state index in [0.717, 1.165) is 16.9 Å². The lowest BCUT2D eigenvalue weighted by Gasteiger charge is -2.21. The molecule has 0 spiro atoms. The topological polar surface area (TPSA) is 46.2 Å². The van der Waals surface area contributed by atoms with E-state index in [0.29, 0.717) is 10.8 Å². The average molecular weight is 350 g/mol. The molecule has 1 atom stereocenters. The summed E-state index contributed by atoms with van der Waals surface area (Å²) in [5.74, 6) is 0.391. The number of hydrogen-bond acceptors (Lipinski definition) is 3. The second kappa shape index (κ2) is 7.99. The SMILES string of the molecule is CSc1ccc(S(=O)(=O)N[C@@H](CC(C)C)c2ccccc2)cc1. The Morgan fingerprint density at radius 3 is 2.13 bits per heavy atom. The van der Waals surface area contributed by atoms with E-state index < -0.39 is 10.0 Å². The fraction of sp³-hybridized carbons (Fsp3) is 0.333. The first-order valence-electron chi connectivity index (χ1n) is 7.63. The summed E-state index contributed by atoms with van der Waals surface area (Å²) >= 11 is 1.59. The van der Waals surface area contributed by atoms with Gasteiger partial charge in [-0.25, -0.2) is 13.1 Å². The molecule has 0 aliphatic carbocycles. The van der Waals surface area contributed by atoms with Crippen molar-refractivity contribution in [3.63, 3.8) is 0 Å². The fourth-order valence-corrected chi connectivity index (χ4v) is 4.06. The van der Waals surface area contributed by atoms with Gasteiger partial charge in [-0.2, -0.15) is 0 Å². The van der Waals surface area contributed by atoms with E-state index in [1.807, 2.05) is 48.7 Å². The molecular formula is C18H23NO2S2. The van der Waals surface area contributed by atoms with Crippen molar-refractivity contribution in [3.8, 4) is 0 Å². The van der Waals surface area contributed by atoms with Crippen molar-refractivity contribution < 1.29 is 8.42 Å². The van der Waals surface area contributed by atoms with Gasteiger partial charge in [0.1, 0.15) is 0 Å². The van der Waals surface area contributed by atoms with Crippen molar-refractivity contribution in [2.75, 3.05) is 6.26 Å². The molecule has 124 valence electrons. The van der Waals surface area contributed by atoms with Crippen molar-refractivity contribution >= 4 is 21.8 Å². The average Bonchev–Trinajstić information content (AvgIpc) is 2.54. The Labute approximate surface area is 143 Å². The molecule has 0 heterocycles. The first-order chi connectivity index (χ1) is 10.9. The van der Waals surface area contributed by atoms with Crippen LogP contribution in [0.25, 0.3) is 0 Å². The molecule has 0 saturated carbocycles. The molecule has 5 heteroatoms. The molecule has 0 aliphatic heterocycles. The highest BCUT2D eigenvalue weighted by molar-refractivity contribution is 7.98. The van der Waals surface area contributed by atoms with Crippen LogP contribution in [-0.4, -0.2) is 14.7 Å². The predicted octanol–water partition coefficient (Wildman–Crippen LogP) is 4.47. The number of sulfonamides is 1. The Hall–Kier alpha value is -1.30. The highest BCUT2D eigenvalue weighted by Gasteiger charge is 2.22. The molecule has 2 rings (SSSR count). The van der Waals surface area contributed by atoms with Crippen LogP contribution in [0.3, 0.4) is 0 Å². The van der Waals surface area contributed by atoms with Gasteiger partial charge in [0.25, 0.3) is 0 Å². The molecule has 0 saturated heterocycles. The maximum absolute atomic E-state index is 12.7. The molecule has 0 aromatic heterocycles. The summed E-state index contributed by atoms with van der Waals surface area (Å²) in [6.07, 6.45) is 2.72. The minimum absolute atomic E-state index is 0.221. The van der Waals surface area contributed by atoms with E-state index in [1.165, 1.54) is 0 Å². The van der Waals surface area contributed by atoms with Gasteiger partial charge in [0, 0.05) is 10.9 Å². The maximum Gasteiger partial charge on any atom is 0.241 e. The molecule has 0 unspecified atom stereocenters.